The fourth-order valence-corrected chi connectivity index (χ4v) is 2.70. The molecule has 2 aromatic rings. The van der Waals surface area contributed by atoms with Gasteiger partial charge in [0, 0.05) is 17.1 Å². The van der Waals surface area contributed by atoms with E-state index in [1.807, 2.05) is 13.0 Å². The lowest BCUT2D eigenvalue weighted by Gasteiger charge is -2.26. The maximum Gasteiger partial charge on any atom is 0.260 e. The predicted molar refractivity (Wildman–Crippen MR) is 94.3 cm³/mol. The van der Waals surface area contributed by atoms with Gasteiger partial charge in [0.05, 0.1) is 17.7 Å². The van der Waals surface area contributed by atoms with Gasteiger partial charge in [-0.2, -0.15) is 5.26 Å². The van der Waals surface area contributed by atoms with Crippen LogP contribution >= 0.6 is 23.2 Å². The summed E-state index contributed by atoms with van der Waals surface area (Å²) in [7, 11) is 1.69. The minimum Gasteiger partial charge on any atom is -0.484 e. The summed E-state index contributed by atoms with van der Waals surface area (Å²) in [4.78, 5) is 13.9. The number of benzene rings is 2. The van der Waals surface area contributed by atoms with E-state index in [0.717, 1.165) is 5.56 Å². The van der Waals surface area contributed by atoms with Crippen molar-refractivity contribution >= 4 is 29.1 Å². The largest absolute Gasteiger partial charge is 0.484 e. The Kier molecular flexibility index (Phi) is 6.08. The van der Waals surface area contributed by atoms with E-state index < -0.39 is 0 Å². The van der Waals surface area contributed by atoms with E-state index in [4.69, 9.17) is 33.2 Å². The van der Waals surface area contributed by atoms with E-state index in [9.17, 15) is 4.79 Å². The summed E-state index contributed by atoms with van der Waals surface area (Å²) in [6.45, 7) is 1.78. The molecule has 2 rings (SSSR count). The van der Waals surface area contributed by atoms with E-state index in [0.29, 0.717) is 21.4 Å². The van der Waals surface area contributed by atoms with Crippen LogP contribution in [0.1, 0.15) is 24.1 Å². The molecule has 0 radical (unpaired) electrons. The van der Waals surface area contributed by atoms with Crippen molar-refractivity contribution in [2.24, 2.45) is 0 Å². The number of halogens is 2. The van der Waals surface area contributed by atoms with E-state index in [-0.39, 0.29) is 18.6 Å². The van der Waals surface area contributed by atoms with Crippen LogP contribution in [0.25, 0.3) is 0 Å². The summed E-state index contributed by atoms with van der Waals surface area (Å²) in [5.41, 5.74) is 1.35. The van der Waals surface area contributed by atoms with E-state index >= 15 is 0 Å². The molecule has 0 aliphatic heterocycles. The summed E-state index contributed by atoms with van der Waals surface area (Å²) >= 11 is 12.1. The maximum absolute atomic E-state index is 12.3. The number of nitriles is 1. The molecule has 1 atom stereocenters. The summed E-state index contributed by atoms with van der Waals surface area (Å²) < 4.78 is 5.47. The van der Waals surface area contributed by atoms with Gasteiger partial charge in [-0.3, -0.25) is 4.79 Å². The lowest BCUT2D eigenvalue weighted by atomic mass is 10.1. The first kappa shape index (κ1) is 18.1. The topological polar surface area (TPSA) is 53.3 Å². The van der Waals surface area contributed by atoms with Gasteiger partial charge in [0.15, 0.2) is 6.61 Å². The quantitative estimate of drug-likeness (QED) is 0.788. The second-order valence-electron chi connectivity index (χ2n) is 5.27. The van der Waals surface area contributed by atoms with E-state index in [2.05, 4.69) is 0 Å². The van der Waals surface area contributed by atoms with Crippen LogP contribution in [0.5, 0.6) is 5.75 Å². The highest BCUT2D eigenvalue weighted by Gasteiger charge is 2.20. The van der Waals surface area contributed by atoms with Crippen molar-refractivity contribution in [3.63, 3.8) is 0 Å². The van der Waals surface area contributed by atoms with Crippen molar-refractivity contribution in [2.75, 3.05) is 13.7 Å². The molecule has 124 valence electrons. The number of likely N-dealkylation sites (N-methyl/N-ethyl adjacent to an activating group) is 1. The SMILES string of the molecule is CC(c1ccc(Cl)cc1Cl)N(C)C(=O)COc1ccc(C#N)cc1. The molecule has 1 unspecified atom stereocenters. The third-order valence-electron chi connectivity index (χ3n) is 3.73. The molecule has 0 heterocycles. The van der Waals surface area contributed by atoms with Gasteiger partial charge < -0.3 is 9.64 Å². The second-order valence-corrected chi connectivity index (χ2v) is 6.11. The number of ether oxygens (including phenoxy) is 1. The molecule has 24 heavy (non-hydrogen) atoms. The van der Waals surface area contributed by atoms with Crippen molar-refractivity contribution in [2.45, 2.75) is 13.0 Å². The number of hydrogen-bond donors (Lipinski definition) is 0. The number of rotatable bonds is 5. The summed E-state index contributed by atoms with van der Waals surface area (Å²) in [5.74, 6) is 0.353. The van der Waals surface area contributed by atoms with Gasteiger partial charge in [-0.25, -0.2) is 0 Å². The van der Waals surface area contributed by atoms with Crippen LogP contribution in [0, 0.1) is 11.3 Å². The first-order chi connectivity index (χ1) is 11.4. The number of carbonyl (C=O) groups excluding carboxylic acids is 1. The highest BCUT2D eigenvalue weighted by Crippen LogP contribution is 2.29. The van der Waals surface area contributed by atoms with Crippen molar-refractivity contribution in [3.05, 3.63) is 63.6 Å². The zero-order valence-electron chi connectivity index (χ0n) is 13.3. The second kappa shape index (κ2) is 8.05. The molecule has 0 N–H and O–H groups in total. The zero-order chi connectivity index (χ0) is 17.7. The number of carbonyl (C=O) groups is 1. The minimum atomic E-state index is -0.216. The van der Waals surface area contributed by atoms with Crippen LogP contribution in [-0.2, 0) is 4.79 Å². The van der Waals surface area contributed by atoms with Crippen molar-refractivity contribution < 1.29 is 9.53 Å². The van der Waals surface area contributed by atoms with Crippen LogP contribution in [-0.4, -0.2) is 24.5 Å². The summed E-state index contributed by atoms with van der Waals surface area (Å²) in [6, 6.07) is 13.6. The molecule has 0 bridgehead atoms. The molecular formula is C18H16Cl2N2O2. The maximum atomic E-state index is 12.3. The lowest BCUT2D eigenvalue weighted by molar-refractivity contribution is -0.134. The fourth-order valence-electron chi connectivity index (χ4n) is 2.14. The Labute approximate surface area is 151 Å². The smallest absolute Gasteiger partial charge is 0.260 e. The molecule has 0 saturated carbocycles. The average molecular weight is 363 g/mol. The van der Waals surface area contributed by atoms with Crippen molar-refractivity contribution in [1.82, 2.24) is 4.90 Å². The molecule has 0 spiro atoms. The molecule has 0 saturated heterocycles. The molecule has 2 aromatic carbocycles. The van der Waals surface area contributed by atoms with Gasteiger partial charge in [-0.15, -0.1) is 0 Å². The fraction of sp³-hybridized carbons (Fsp3) is 0.222. The molecular weight excluding hydrogens is 347 g/mol. The summed E-state index contributed by atoms with van der Waals surface area (Å²) in [5, 5.41) is 9.82. The molecule has 0 fully saturated rings. The molecule has 0 aliphatic rings. The first-order valence-corrected chi connectivity index (χ1v) is 8.01. The van der Waals surface area contributed by atoms with Crippen LogP contribution < -0.4 is 4.74 Å². The molecule has 0 aromatic heterocycles. The van der Waals surface area contributed by atoms with E-state index in [1.165, 1.54) is 0 Å². The van der Waals surface area contributed by atoms with Crippen LogP contribution in [0.4, 0.5) is 0 Å². The molecule has 1 amide bonds. The van der Waals surface area contributed by atoms with Crippen molar-refractivity contribution in [3.8, 4) is 11.8 Å². The predicted octanol–water partition coefficient (Wildman–Crippen LogP) is 4.46. The van der Waals surface area contributed by atoms with Gasteiger partial charge in [0.25, 0.3) is 5.91 Å². The lowest BCUT2D eigenvalue weighted by Crippen LogP contribution is -2.33. The minimum absolute atomic E-state index is 0.0993. The van der Waals surface area contributed by atoms with Crippen molar-refractivity contribution in [1.29, 1.82) is 5.26 Å². The number of nitrogens with zero attached hydrogens (tertiary/aromatic N) is 2. The highest BCUT2D eigenvalue weighted by atomic mass is 35.5. The highest BCUT2D eigenvalue weighted by molar-refractivity contribution is 6.35. The Morgan fingerprint density at radius 1 is 1.25 bits per heavy atom. The standard InChI is InChI=1S/C18H16Cl2N2O2/c1-12(16-8-5-14(19)9-17(16)20)22(2)18(23)11-24-15-6-3-13(10-21)4-7-15/h3-9,12H,11H2,1-2H3. The first-order valence-electron chi connectivity index (χ1n) is 7.26. The number of amides is 1. The third kappa shape index (κ3) is 4.41. The van der Waals surface area contributed by atoms with Gasteiger partial charge >= 0.3 is 0 Å². The van der Waals surface area contributed by atoms with E-state index in [1.54, 1.807) is 54.4 Å². The number of hydrogen-bond acceptors (Lipinski definition) is 3. The molecule has 6 heteroatoms. The Morgan fingerprint density at radius 2 is 1.92 bits per heavy atom. The summed E-state index contributed by atoms with van der Waals surface area (Å²) in [6.07, 6.45) is 0. The zero-order valence-corrected chi connectivity index (χ0v) is 14.8. The van der Waals surface area contributed by atoms with Gasteiger partial charge in [0.2, 0.25) is 0 Å². The average Bonchev–Trinajstić information content (AvgIpc) is 2.59. The third-order valence-corrected chi connectivity index (χ3v) is 4.30. The van der Waals surface area contributed by atoms with Crippen LogP contribution in [0.3, 0.4) is 0 Å². The Bertz CT molecular complexity index is 770. The van der Waals surface area contributed by atoms with Crippen LogP contribution in [0.15, 0.2) is 42.5 Å². The van der Waals surface area contributed by atoms with Gasteiger partial charge in [-0.1, -0.05) is 29.3 Å². The Morgan fingerprint density at radius 3 is 2.50 bits per heavy atom. The molecule has 0 aliphatic carbocycles. The van der Waals surface area contributed by atoms with Crippen LogP contribution in [0.2, 0.25) is 10.0 Å². The Hall–Kier alpha value is -2.22. The van der Waals surface area contributed by atoms with Gasteiger partial charge in [-0.05, 0) is 48.9 Å². The van der Waals surface area contributed by atoms with Gasteiger partial charge in [0.1, 0.15) is 5.75 Å². The monoisotopic (exact) mass is 362 g/mol. The molecule has 4 nitrogen and oxygen atoms in total. The normalized spacial score (nSPS) is 11.5. The Balaban J connectivity index is 1.99.